The molecule has 7 heteroatoms. The average molecular weight is 296 g/mol. The van der Waals surface area contributed by atoms with Crippen LogP contribution in [0.3, 0.4) is 0 Å². The molecule has 110 valence electrons. The second kappa shape index (κ2) is 5.54. The van der Waals surface area contributed by atoms with Crippen molar-refractivity contribution in [2.45, 2.75) is 49.6 Å². The van der Waals surface area contributed by atoms with Crippen LogP contribution in [0.15, 0.2) is 17.3 Å². The Kier molecular flexibility index (Phi) is 4.16. The zero-order chi connectivity index (χ0) is 14.8. The SMILES string of the molecule is CCC1CCC(C#N)(NS(=O)(=O)c2ccnn2C)CC1. The first-order valence-corrected chi connectivity index (χ1v) is 8.34. The van der Waals surface area contributed by atoms with Gasteiger partial charge in [0.1, 0.15) is 5.54 Å². The summed E-state index contributed by atoms with van der Waals surface area (Å²) in [6, 6.07) is 3.62. The molecule has 0 bridgehead atoms. The number of nitriles is 1. The number of rotatable bonds is 4. The molecule has 1 N–H and O–H groups in total. The lowest BCUT2D eigenvalue weighted by atomic mass is 9.77. The third kappa shape index (κ3) is 2.86. The lowest BCUT2D eigenvalue weighted by Crippen LogP contribution is -2.49. The van der Waals surface area contributed by atoms with E-state index in [9.17, 15) is 13.7 Å². The molecule has 0 atom stereocenters. The van der Waals surface area contributed by atoms with E-state index >= 15 is 0 Å². The maximum absolute atomic E-state index is 12.4. The topological polar surface area (TPSA) is 87.8 Å². The minimum atomic E-state index is -3.71. The maximum Gasteiger partial charge on any atom is 0.259 e. The van der Waals surface area contributed by atoms with Gasteiger partial charge in [-0.2, -0.15) is 15.1 Å². The lowest BCUT2D eigenvalue weighted by molar-refractivity contribution is 0.259. The Hall–Kier alpha value is -1.39. The van der Waals surface area contributed by atoms with E-state index in [0.717, 1.165) is 19.3 Å². The van der Waals surface area contributed by atoms with Gasteiger partial charge in [-0.05, 0) is 37.7 Å². The highest BCUT2D eigenvalue weighted by Gasteiger charge is 2.39. The lowest BCUT2D eigenvalue weighted by Gasteiger charge is -2.34. The number of aromatic nitrogens is 2. The van der Waals surface area contributed by atoms with E-state index in [1.807, 2.05) is 0 Å². The summed E-state index contributed by atoms with van der Waals surface area (Å²) < 4.78 is 28.6. The highest BCUT2D eigenvalue weighted by atomic mass is 32.2. The van der Waals surface area contributed by atoms with E-state index in [4.69, 9.17) is 0 Å². The smallest absolute Gasteiger partial charge is 0.256 e. The number of sulfonamides is 1. The fraction of sp³-hybridized carbons (Fsp3) is 0.692. The summed E-state index contributed by atoms with van der Waals surface area (Å²) in [5.74, 6) is 0.595. The van der Waals surface area contributed by atoms with Gasteiger partial charge < -0.3 is 0 Å². The molecule has 0 aliphatic heterocycles. The molecule has 1 saturated carbocycles. The number of nitrogens with zero attached hydrogens (tertiary/aromatic N) is 3. The molecule has 0 unspecified atom stereocenters. The van der Waals surface area contributed by atoms with Gasteiger partial charge in [-0.25, -0.2) is 8.42 Å². The van der Waals surface area contributed by atoms with Crippen LogP contribution in [-0.4, -0.2) is 23.7 Å². The van der Waals surface area contributed by atoms with E-state index in [1.165, 1.54) is 16.9 Å². The molecule has 6 nitrogen and oxygen atoms in total. The van der Waals surface area contributed by atoms with Crippen LogP contribution in [-0.2, 0) is 17.1 Å². The highest BCUT2D eigenvalue weighted by Crippen LogP contribution is 2.34. The van der Waals surface area contributed by atoms with Crippen molar-refractivity contribution in [3.8, 4) is 6.07 Å². The molecule has 0 aromatic carbocycles. The second-order valence-corrected chi connectivity index (χ2v) is 7.07. The first-order valence-electron chi connectivity index (χ1n) is 6.86. The molecular formula is C13H20N4O2S. The summed E-state index contributed by atoms with van der Waals surface area (Å²) in [6.45, 7) is 2.13. The van der Waals surface area contributed by atoms with Crippen molar-refractivity contribution < 1.29 is 8.42 Å². The molecule has 1 aromatic heterocycles. The van der Waals surface area contributed by atoms with Gasteiger partial charge in [0.05, 0.1) is 12.3 Å². The Morgan fingerprint density at radius 1 is 1.55 bits per heavy atom. The first-order chi connectivity index (χ1) is 9.42. The van der Waals surface area contributed by atoms with Crippen LogP contribution in [0.5, 0.6) is 0 Å². The second-order valence-electron chi connectivity index (χ2n) is 5.44. The summed E-state index contributed by atoms with van der Waals surface area (Å²) in [4.78, 5) is 0. The number of hydrogen-bond donors (Lipinski definition) is 1. The van der Waals surface area contributed by atoms with Gasteiger partial charge in [0, 0.05) is 7.05 Å². The van der Waals surface area contributed by atoms with Gasteiger partial charge in [-0.3, -0.25) is 4.68 Å². The normalized spacial score (nSPS) is 27.1. The van der Waals surface area contributed by atoms with Crippen molar-refractivity contribution in [3.63, 3.8) is 0 Å². The van der Waals surface area contributed by atoms with Crippen molar-refractivity contribution in [3.05, 3.63) is 12.3 Å². The van der Waals surface area contributed by atoms with Gasteiger partial charge in [0.25, 0.3) is 10.0 Å². The monoisotopic (exact) mass is 296 g/mol. The number of hydrogen-bond acceptors (Lipinski definition) is 4. The van der Waals surface area contributed by atoms with Gasteiger partial charge >= 0.3 is 0 Å². The molecule has 1 fully saturated rings. The van der Waals surface area contributed by atoms with Gasteiger partial charge in [-0.15, -0.1) is 0 Å². The van der Waals surface area contributed by atoms with Crippen LogP contribution < -0.4 is 4.72 Å². The molecule has 0 radical (unpaired) electrons. The summed E-state index contributed by atoms with van der Waals surface area (Å²) in [6.07, 6.45) is 5.42. The molecule has 1 aliphatic carbocycles. The molecule has 1 heterocycles. The Balaban J connectivity index is 2.20. The van der Waals surface area contributed by atoms with Crippen LogP contribution in [0.1, 0.15) is 39.0 Å². The third-order valence-electron chi connectivity index (χ3n) is 4.13. The molecule has 1 aliphatic rings. The molecule has 2 rings (SSSR count). The van der Waals surface area contributed by atoms with Crippen molar-refractivity contribution in [1.29, 1.82) is 5.26 Å². The fourth-order valence-electron chi connectivity index (χ4n) is 2.75. The quantitative estimate of drug-likeness (QED) is 0.913. The van der Waals surface area contributed by atoms with Gasteiger partial charge in [0.2, 0.25) is 0 Å². The molecule has 0 saturated heterocycles. The first kappa shape index (κ1) is 15.0. The standard InChI is InChI=1S/C13H20N4O2S/c1-3-11-4-7-13(10-14,8-5-11)16-20(18,19)12-6-9-15-17(12)2/h6,9,11,16H,3-5,7-8H2,1-2H3. The Morgan fingerprint density at radius 3 is 2.65 bits per heavy atom. The minimum absolute atomic E-state index is 0.0877. The maximum atomic E-state index is 12.4. The van der Waals surface area contributed by atoms with Gasteiger partial charge in [0.15, 0.2) is 5.03 Å². The number of nitrogens with one attached hydrogen (secondary N) is 1. The zero-order valence-corrected chi connectivity index (χ0v) is 12.7. The number of aryl methyl sites for hydroxylation is 1. The van der Waals surface area contributed by atoms with E-state index in [1.54, 1.807) is 7.05 Å². The molecule has 0 amide bonds. The Labute approximate surface area is 119 Å². The van der Waals surface area contributed by atoms with E-state index in [-0.39, 0.29) is 5.03 Å². The molecular weight excluding hydrogens is 276 g/mol. The van der Waals surface area contributed by atoms with E-state index in [2.05, 4.69) is 22.8 Å². The predicted molar refractivity (Wildman–Crippen MR) is 74.1 cm³/mol. The van der Waals surface area contributed by atoms with Crippen LogP contribution in [0.25, 0.3) is 0 Å². The molecule has 20 heavy (non-hydrogen) atoms. The van der Waals surface area contributed by atoms with Crippen molar-refractivity contribution in [2.75, 3.05) is 0 Å². The largest absolute Gasteiger partial charge is 0.259 e. The van der Waals surface area contributed by atoms with E-state index < -0.39 is 15.6 Å². The van der Waals surface area contributed by atoms with Crippen molar-refractivity contribution >= 4 is 10.0 Å². The summed E-state index contributed by atoms with van der Waals surface area (Å²) in [7, 11) is -2.14. The van der Waals surface area contributed by atoms with Crippen LogP contribution in [0, 0.1) is 17.2 Å². The molecule has 1 aromatic rings. The Bertz CT molecular complexity index is 607. The van der Waals surface area contributed by atoms with Crippen LogP contribution in [0.4, 0.5) is 0 Å². The summed E-state index contributed by atoms with van der Waals surface area (Å²) >= 11 is 0. The summed E-state index contributed by atoms with van der Waals surface area (Å²) in [5, 5.41) is 13.4. The average Bonchev–Trinajstić information content (AvgIpc) is 2.86. The van der Waals surface area contributed by atoms with Crippen molar-refractivity contribution in [1.82, 2.24) is 14.5 Å². The van der Waals surface area contributed by atoms with Crippen LogP contribution in [0.2, 0.25) is 0 Å². The Morgan fingerprint density at radius 2 is 2.20 bits per heavy atom. The fourth-order valence-corrected chi connectivity index (χ4v) is 4.25. The van der Waals surface area contributed by atoms with Crippen LogP contribution >= 0.6 is 0 Å². The van der Waals surface area contributed by atoms with Gasteiger partial charge in [-0.1, -0.05) is 13.3 Å². The minimum Gasteiger partial charge on any atom is -0.256 e. The summed E-state index contributed by atoms with van der Waals surface area (Å²) in [5.41, 5.74) is -0.977. The highest BCUT2D eigenvalue weighted by molar-refractivity contribution is 7.89. The van der Waals surface area contributed by atoms with Crippen molar-refractivity contribution in [2.24, 2.45) is 13.0 Å². The molecule has 0 spiro atoms. The predicted octanol–water partition coefficient (Wildman–Crippen LogP) is 1.56. The zero-order valence-electron chi connectivity index (χ0n) is 11.8. The van der Waals surface area contributed by atoms with E-state index in [0.29, 0.717) is 18.8 Å². The third-order valence-corrected chi connectivity index (χ3v) is 5.74.